The Labute approximate surface area is 180 Å². The van der Waals surface area contributed by atoms with Crippen LogP contribution in [0.4, 0.5) is 0 Å². The summed E-state index contributed by atoms with van der Waals surface area (Å²) < 4.78 is 4.84. The molecule has 1 saturated heterocycles. The van der Waals surface area contributed by atoms with E-state index < -0.39 is 6.04 Å². The molecule has 4 nitrogen and oxygen atoms in total. The van der Waals surface area contributed by atoms with E-state index in [2.05, 4.69) is 12.1 Å². The second-order valence-electron chi connectivity index (χ2n) is 6.60. The molecule has 2 aromatic carbocycles. The van der Waals surface area contributed by atoms with Crippen molar-refractivity contribution in [3.63, 3.8) is 0 Å². The van der Waals surface area contributed by atoms with Crippen LogP contribution in [0.3, 0.4) is 0 Å². The molecule has 0 aliphatic carbocycles. The van der Waals surface area contributed by atoms with Crippen LogP contribution < -0.4 is 0 Å². The molecule has 1 aliphatic rings. The molecule has 139 valence electrons. The van der Waals surface area contributed by atoms with Crippen LogP contribution in [0.1, 0.15) is 15.5 Å². The number of rotatable bonds is 6. The van der Waals surface area contributed by atoms with Gasteiger partial charge in [0.25, 0.3) is 0 Å². The summed E-state index contributed by atoms with van der Waals surface area (Å²) in [5.74, 6) is 0.916. The fourth-order valence-corrected chi connectivity index (χ4v) is 5.74. The fourth-order valence-electron chi connectivity index (χ4n) is 3.33. The minimum atomic E-state index is -0.468. The third kappa shape index (κ3) is 5.13. The normalized spacial score (nSPS) is 20.3. The summed E-state index contributed by atoms with van der Waals surface area (Å²) in [7, 11) is 1.40. The zero-order chi connectivity index (χ0) is 19.2. The van der Waals surface area contributed by atoms with Crippen molar-refractivity contribution in [3.8, 4) is 0 Å². The zero-order valence-electron chi connectivity index (χ0n) is 15.2. The van der Waals surface area contributed by atoms with E-state index in [1.165, 1.54) is 12.0 Å². The summed E-state index contributed by atoms with van der Waals surface area (Å²) in [6.07, 6.45) is 0.668. The number of hydrogen-bond donors (Lipinski definition) is 0. The first-order valence-electron chi connectivity index (χ1n) is 8.92. The van der Waals surface area contributed by atoms with E-state index in [0.717, 1.165) is 11.3 Å². The molecule has 3 atom stereocenters. The quantitative estimate of drug-likeness (QED) is 0.302. The second-order valence-corrected chi connectivity index (χ2v) is 9.94. The Balaban J connectivity index is 1.70. The number of benzene rings is 2. The van der Waals surface area contributed by atoms with Crippen LogP contribution in [-0.4, -0.2) is 68.0 Å². The molecule has 1 heterocycles. The molecule has 2 aromatic rings. The van der Waals surface area contributed by atoms with E-state index in [-0.39, 0.29) is 21.3 Å². The number of thioether (sulfide) groups is 1. The number of methoxy groups -OCH3 is 1. The molecule has 3 unspecified atom stereocenters. The van der Waals surface area contributed by atoms with Gasteiger partial charge in [-0.2, -0.15) is 0 Å². The van der Waals surface area contributed by atoms with Crippen molar-refractivity contribution >= 4 is 49.4 Å². The molecule has 6 heteroatoms. The first kappa shape index (κ1) is 20.4. The average Bonchev–Trinajstić information content (AvgIpc) is 3.16. The van der Waals surface area contributed by atoms with E-state index in [1.54, 1.807) is 16.7 Å². The number of carbonyl (C=O) groups excluding carboxylic acids is 2. The number of amides is 1. The molecule has 0 bridgehead atoms. The standard InChI is InChI=1S/C21H22NO3S.Pb/c1-25-21(24)19-12-17(15-26-18-10-6-3-7-11-18)14-22(19)20(23)13-16-8-4-2-5-9-16;/h2-11,13,17,19H,12,14-15H2,1H3;. The van der Waals surface area contributed by atoms with Crippen LogP contribution in [0, 0.1) is 5.92 Å². The van der Waals surface area contributed by atoms with Crippen molar-refractivity contribution < 1.29 is 14.3 Å². The molecule has 0 aromatic heterocycles. The first-order chi connectivity index (χ1) is 13.1. The SMILES string of the molecule is COC(=O)C1CC(CSc2ccccc2)CN1C(=O)[CH]([Pb])c1ccccc1. The Morgan fingerprint density at radius 2 is 1.78 bits per heavy atom. The van der Waals surface area contributed by atoms with Crippen molar-refractivity contribution in [3.05, 3.63) is 66.2 Å². The van der Waals surface area contributed by atoms with Gasteiger partial charge < -0.3 is 0 Å². The van der Waals surface area contributed by atoms with Crippen LogP contribution in [0.5, 0.6) is 0 Å². The van der Waals surface area contributed by atoms with Gasteiger partial charge in [-0.25, -0.2) is 0 Å². The van der Waals surface area contributed by atoms with Gasteiger partial charge in [-0.15, -0.1) is 0 Å². The molecule has 3 rings (SSSR count). The van der Waals surface area contributed by atoms with Gasteiger partial charge in [-0.1, -0.05) is 0 Å². The summed E-state index contributed by atoms with van der Waals surface area (Å²) in [5, 5.41) is 0. The van der Waals surface area contributed by atoms with Crippen molar-refractivity contribution in [2.75, 3.05) is 19.4 Å². The first-order valence-corrected chi connectivity index (χ1v) is 12.2. The Morgan fingerprint density at radius 1 is 1.15 bits per heavy atom. The van der Waals surface area contributed by atoms with Crippen molar-refractivity contribution in [2.45, 2.75) is 20.8 Å². The van der Waals surface area contributed by atoms with E-state index in [0.29, 0.717) is 38.7 Å². The van der Waals surface area contributed by atoms with Gasteiger partial charge in [-0.05, 0) is 0 Å². The van der Waals surface area contributed by atoms with E-state index in [9.17, 15) is 9.59 Å². The Bertz CT molecular complexity index is 772. The monoisotopic (exact) mass is 576 g/mol. The van der Waals surface area contributed by atoms with Gasteiger partial charge in [0, 0.05) is 0 Å². The average molecular weight is 576 g/mol. The fraction of sp³-hybridized carbons (Fsp3) is 0.333. The van der Waals surface area contributed by atoms with Gasteiger partial charge in [0.15, 0.2) is 0 Å². The topological polar surface area (TPSA) is 46.6 Å². The number of esters is 1. The maximum absolute atomic E-state index is 13.1. The number of ether oxygens (including phenoxy) is 1. The Kier molecular flexibility index (Phi) is 7.35. The van der Waals surface area contributed by atoms with Gasteiger partial charge >= 0.3 is 181 Å². The summed E-state index contributed by atoms with van der Waals surface area (Å²) >= 11 is 2.49. The van der Waals surface area contributed by atoms with Crippen LogP contribution in [-0.2, 0) is 14.3 Å². The molecule has 1 amide bonds. The number of likely N-dealkylation sites (tertiary alicyclic amines) is 1. The minimum absolute atomic E-state index is 0.0514. The predicted octanol–water partition coefficient (Wildman–Crippen LogP) is 3.08. The molecule has 1 fully saturated rings. The molecule has 0 saturated carbocycles. The zero-order valence-corrected chi connectivity index (χ0v) is 19.9. The molecule has 3 radical (unpaired) electrons. The van der Waals surface area contributed by atoms with Crippen LogP contribution in [0.25, 0.3) is 0 Å². The predicted molar refractivity (Wildman–Crippen MR) is 108 cm³/mol. The summed E-state index contributed by atoms with van der Waals surface area (Å²) in [5.41, 5.74) is 1.03. The van der Waals surface area contributed by atoms with Crippen molar-refractivity contribution in [1.82, 2.24) is 4.90 Å². The Morgan fingerprint density at radius 3 is 2.41 bits per heavy atom. The van der Waals surface area contributed by atoms with E-state index in [4.69, 9.17) is 4.74 Å². The molecule has 0 N–H and O–H groups in total. The van der Waals surface area contributed by atoms with Gasteiger partial charge in [-0.3, -0.25) is 0 Å². The van der Waals surface area contributed by atoms with Crippen LogP contribution >= 0.6 is 11.8 Å². The van der Waals surface area contributed by atoms with Crippen LogP contribution in [0.2, 0.25) is 0 Å². The summed E-state index contributed by atoms with van der Waals surface area (Å²) in [4.78, 5) is 28.4. The number of hydrogen-bond acceptors (Lipinski definition) is 4. The Hall–Kier alpha value is -1.35. The summed E-state index contributed by atoms with van der Waals surface area (Å²) in [6, 6.07) is 19.6. The van der Waals surface area contributed by atoms with Crippen molar-refractivity contribution in [1.29, 1.82) is 0 Å². The van der Waals surface area contributed by atoms with Gasteiger partial charge in [0.2, 0.25) is 0 Å². The van der Waals surface area contributed by atoms with Crippen LogP contribution in [0.15, 0.2) is 65.6 Å². The molecular weight excluding hydrogens is 554 g/mol. The van der Waals surface area contributed by atoms with E-state index >= 15 is 0 Å². The number of carbonyl (C=O) groups is 2. The van der Waals surface area contributed by atoms with Gasteiger partial charge in [0.05, 0.1) is 0 Å². The maximum atomic E-state index is 13.1. The van der Waals surface area contributed by atoms with Crippen molar-refractivity contribution in [2.24, 2.45) is 5.92 Å². The van der Waals surface area contributed by atoms with Gasteiger partial charge in [0.1, 0.15) is 0 Å². The number of nitrogens with zero attached hydrogens (tertiary/aromatic N) is 1. The molecule has 0 spiro atoms. The molecular formula is C21H22NO3PbS. The molecule has 27 heavy (non-hydrogen) atoms. The van der Waals surface area contributed by atoms with E-state index in [1.807, 2.05) is 48.5 Å². The third-order valence-electron chi connectivity index (χ3n) is 4.75. The molecule has 1 aliphatic heterocycles. The third-order valence-corrected chi connectivity index (χ3v) is 8.25. The summed E-state index contributed by atoms with van der Waals surface area (Å²) in [6.45, 7) is 0.615. The second kappa shape index (κ2) is 9.73.